The molecule has 1 unspecified atom stereocenters. The lowest BCUT2D eigenvalue weighted by Gasteiger charge is -2.33. The fourth-order valence-corrected chi connectivity index (χ4v) is 12.3. The molecule has 0 radical (unpaired) electrons. The quantitative estimate of drug-likeness (QED) is 0.0341. The number of likely N-dealkylation sites (N-methyl/N-ethyl adjacent to an activating group) is 1. The molecule has 3 aliphatic heterocycles. The second-order valence-corrected chi connectivity index (χ2v) is 24.9. The van der Waals surface area contributed by atoms with Gasteiger partial charge in [0.25, 0.3) is 17.7 Å². The van der Waals surface area contributed by atoms with Crippen molar-refractivity contribution < 1.29 is 67.2 Å². The standard InChI is InChI=1S/C64H94F2N12O12S/c1-4-73-27-29-74(31-32-76(43-60(85)86)34-33-75(30-28-73)42-59(83)84)41-57(81)72-54(11-5-6-22-69-56(80)12-7-9-47-15-13-46(2)14-16-47)62(88)70-24-36-91-44-55(79)63(89)77-25-20-48(21-26-77)10-8-35-90-50-17-18-53-52(37-50)51(19-23-68-53)61(87)71-40-58(82)78-45-64(65,66)38-49(78)39-67-3/h13-19,23,37,39,48-49,54-55,79H,4-12,20-22,24-36,38,40-45H2,1-3H3,(H,69,80)(H,70,88)(H,71,87)(H,72,81)(H,83,84)(H,85,86)/b67-39+/t49-,54?,55-/m1/s1. The number of hydrogen-bond acceptors (Lipinski definition) is 17. The zero-order chi connectivity index (χ0) is 65.7. The molecule has 3 aromatic rings. The van der Waals surface area contributed by atoms with Crippen LogP contribution in [0.1, 0.15) is 92.6 Å². The van der Waals surface area contributed by atoms with Crippen LogP contribution in [0, 0.1) is 12.8 Å². The molecule has 3 atom stereocenters. The van der Waals surface area contributed by atoms with Crippen molar-refractivity contribution in [2.75, 3.05) is 143 Å². The maximum absolute atomic E-state index is 14.1. The van der Waals surface area contributed by atoms with Crippen LogP contribution >= 0.6 is 11.8 Å². The number of aliphatic hydroxyl groups excluding tert-OH is 1. The van der Waals surface area contributed by atoms with Gasteiger partial charge in [-0.2, -0.15) is 11.8 Å². The molecule has 3 aliphatic rings. The number of carbonyl (C=O) groups is 8. The molecular weight excluding hydrogens is 1200 g/mol. The average Bonchev–Trinajstić information content (AvgIpc) is 2.19. The number of aryl methyl sites for hydroxylation is 2. The minimum absolute atomic E-state index is 0.0536. The van der Waals surface area contributed by atoms with E-state index in [9.17, 15) is 62.5 Å². The van der Waals surface area contributed by atoms with Gasteiger partial charge in [-0.1, -0.05) is 36.8 Å². The SMILES string of the molecule is CCN1CCN(CC(=O)O)CCN(CC(=O)O)CCN(CC(=O)NC(CCCCNC(=O)CCCc2ccc(C)cc2)C(=O)NCCSC[C@@H](O)C(=O)N2CCC(CCCOc3ccc4nccc(C(=O)NCC(=O)N5CC(F)(F)C[C@@H]5/C=N/C)c4c3)CC2)CC1. The largest absolute Gasteiger partial charge is 0.494 e. The number of alkyl halides is 2. The summed E-state index contributed by atoms with van der Waals surface area (Å²) in [5.74, 6) is -6.06. The third-order valence-corrected chi connectivity index (χ3v) is 17.8. The molecule has 7 N–H and O–H groups in total. The number of carbonyl (C=O) groups excluding carboxylic acids is 6. The van der Waals surface area contributed by atoms with Crippen molar-refractivity contribution in [1.82, 2.24) is 55.7 Å². The molecule has 2 aromatic carbocycles. The highest BCUT2D eigenvalue weighted by atomic mass is 32.2. The van der Waals surface area contributed by atoms with Crippen molar-refractivity contribution in [3.63, 3.8) is 0 Å². The highest BCUT2D eigenvalue weighted by molar-refractivity contribution is 7.99. The fraction of sp³-hybridized carbons (Fsp3) is 0.625. The number of ether oxygens (including phenoxy) is 1. The Labute approximate surface area is 536 Å². The predicted octanol–water partition coefficient (Wildman–Crippen LogP) is 3.02. The number of thioether (sulfide) groups is 1. The second kappa shape index (κ2) is 38.2. The molecule has 0 spiro atoms. The van der Waals surface area contributed by atoms with Crippen LogP contribution in [-0.4, -0.2) is 270 Å². The number of fused-ring (bicyclic) bond motifs is 1. The molecular formula is C64H94F2N12O12S. The molecule has 3 saturated heterocycles. The predicted molar refractivity (Wildman–Crippen MR) is 344 cm³/mol. The van der Waals surface area contributed by atoms with Crippen molar-refractivity contribution in [2.45, 2.75) is 109 Å². The Kier molecular flexibility index (Phi) is 30.7. The van der Waals surface area contributed by atoms with Gasteiger partial charge in [-0.3, -0.25) is 63.0 Å². The van der Waals surface area contributed by atoms with E-state index in [0.29, 0.717) is 146 Å². The molecule has 1 aromatic heterocycles. The van der Waals surface area contributed by atoms with E-state index in [-0.39, 0.29) is 55.2 Å². The van der Waals surface area contributed by atoms with Crippen LogP contribution in [-0.2, 0) is 40.0 Å². The number of piperidine rings is 1. The van der Waals surface area contributed by atoms with Gasteiger partial charge < -0.3 is 56.0 Å². The number of halogens is 2. The third kappa shape index (κ3) is 26.0. The molecule has 27 heteroatoms. The number of aliphatic hydroxyl groups is 1. The van der Waals surface area contributed by atoms with Crippen LogP contribution in [0.5, 0.6) is 5.75 Å². The molecule has 0 saturated carbocycles. The Morgan fingerprint density at radius 3 is 2.10 bits per heavy atom. The summed E-state index contributed by atoms with van der Waals surface area (Å²) >= 11 is 1.32. The van der Waals surface area contributed by atoms with Gasteiger partial charge in [-0.15, -0.1) is 0 Å². The lowest BCUT2D eigenvalue weighted by molar-refractivity contribution is -0.140. The van der Waals surface area contributed by atoms with Crippen LogP contribution in [0.2, 0.25) is 0 Å². The summed E-state index contributed by atoms with van der Waals surface area (Å²) in [4.78, 5) is 122. The monoisotopic (exact) mass is 1290 g/mol. The number of benzene rings is 2. The maximum atomic E-state index is 14.1. The number of hydrogen-bond donors (Lipinski definition) is 7. The molecule has 4 heterocycles. The summed E-state index contributed by atoms with van der Waals surface area (Å²) in [6.07, 6.45) is 7.37. The van der Waals surface area contributed by atoms with Gasteiger partial charge in [-0.25, -0.2) is 8.78 Å². The van der Waals surface area contributed by atoms with E-state index in [4.69, 9.17) is 4.74 Å². The van der Waals surface area contributed by atoms with E-state index in [1.54, 1.807) is 32.9 Å². The van der Waals surface area contributed by atoms with Gasteiger partial charge in [0.05, 0.1) is 56.5 Å². The summed E-state index contributed by atoms with van der Waals surface area (Å²) in [6.45, 7) is 8.51. The highest BCUT2D eigenvalue weighted by Crippen LogP contribution is 2.32. The first-order chi connectivity index (χ1) is 43.7. The van der Waals surface area contributed by atoms with Crippen molar-refractivity contribution in [3.8, 4) is 5.75 Å². The van der Waals surface area contributed by atoms with Crippen molar-refractivity contribution >= 4 is 76.3 Å². The Morgan fingerprint density at radius 2 is 1.45 bits per heavy atom. The van der Waals surface area contributed by atoms with Crippen LogP contribution in [0.25, 0.3) is 10.9 Å². The van der Waals surface area contributed by atoms with E-state index in [0.717, 1.165) is 37.0 Å². The number of amides is 6. The Hall–Kier alpha value is -6.91. The zero-order valence-electron chi connectivity index (χ0n) is 53.0. The molecule has 0 aliphatic carbocycles. The lowest BCUT2D eigenvalue weighted by atomic mass is 9.92. The number of carboxylic acids is 2. The van der Waals surface area contributed by atoms with Gasteiger partial charge in [-0.05, 0) is 107 Å². The molecule has 24 nitrogen and oxygen atoms in total. The minimum Gasteiger partial charge on any atom is -0.494 e. The number of aliphatic imine (C=N–C) groups is 1. The number of unbranched alkanes of at least 4 members (excludes halogenated alkanes) is 1. The Bertz CT molecular complexity index is 2890. The van der Waals surface area contributed by atoms with Crippen LogP contribution < -0.4 is 26.0 Å². The highest BCUT2D eigenvalue weighted by Gasteiger charge is 2.46. The average molecular weight is 1290 g/mol. The van der Waals surface area contributed by atoms with Crippen molar-refractivity contribution in [2.24, 2.45) is 10.9 Å². The fourth-order valence-electron chi connectivity index (χ4n) is 11.5. The summed E-state index contributed by atoms with van der Waals surface area (Å²) < 4.78 is 34.4. The molecule has 6 amide bonds. The number of likely N-dealkylation sites (tertiary alicyclic amines) is 2. The molecule has 0 bridgehead atoms. The Morgan fingerprint density at radius 1 is 0.791 bits per heavy atom. The third-order valence-electron chi connectivity index (χ3n) is 16.7. The Balaban J connectivity index is 0.921. The number of pyridine rings is 1. The minimum atomic E-state index is -3.05. The normalized spacial score (nSPS) is 18.2. The van der Waals surface area contributed by atoms with E-state index < -0.39 is 73.3 Å². The summed E-state index contributed by atoms with van der Waals surface area (Å²) in [6, 6.07) is 13.2. The molecule has 3 fully saturated rings. The van der Waals surface area contributed by atoms with Crippen LogP contribution in [0.4, 0.5) is 8.78 Å². The lowest BCUT2D eigenvalue weighted by Crippen LogP contribution is -2.52. The first-order valence-corrected chi connectivity index (χ1v) is 33.0. The number of aromatic nitrogens is 1. The molecule has 91 heavy (non-hydrogen) atoms. The van der Waals surface area contributed by atoms with E-state index in [1.807, 2.05) is 18.7 Å². The summed E-state index contributed by atoms with van der Waals surface area (Å²) in [7, 11) is 1.45. The molecule has 6 rings (SSSR count). The van der Waals surface area contributed by atoms with Gasteiger partial charge in [0.2, 0.25) is 23.6 Å². The van der Waals surface area contributed by atoms with Gasteiger partial charge in [0, 0.05) is 128 Å². The number of carboxylic acid groups (broad SMARTS) is 2. The van der Waals surface area contributed by atoms with Crippen molar-refractivity contribution in [1.29, 1.82) is 0 Å². The van der Waals surface area contributed by atoms with E-state index in [1.165, 1.54) is 48.4 Å². The number of rotatable bonds is 33. The van der Waals surface area contributed by atoms with Gasteiger partial charge in [0.15, 0.2) is 0 Å². The van der Waals surface area contributed by atoms with Crippen molar-refractivity contribution in [3.05, 3.63) is 71.4 Å². The van der Waals surface area contributed by atoms with Gasteiger partial charge >= 0.3 is 11.9 Å². The topological polar surface area (TPSA) is 299 Å². The molecule has 502 valence electrons. The van der Waals surface area contributed by atoms with E-state index in [2.05, 4.69) is 60.4 Å². The summed E-state index contributed by atoms with van der Waals surface area (Å²) in [5.41, 5.74) is 3.13. The van der Waals surface area contributed by atoms with Crippen LogP contribution in [0.3, 0.4) is 0 Å². The zero-order valence-corrected chi connectivity index (χ0v) is 53.8. The number of nitrogens with one attached hydrogen (secondary N) is 4. The maximum Gasteiger partial charge on any atom is 0.317 e. The van der Waals surface area contributed by atoms with Gasteiger partial charge in [0.1, 0.15) is 17.9 Å². The number of aliphatic carboxylic acids is 2. The smallest absolute Gasteiger partial charge is 0.317 e. The van der Waals surface area contributed by atoms with E-state index >= 15 is 0 Å². The number of nitrogens with zero attached hydrogens (tertiary/aromatic N) is 8. The first kappa shape index (κ1) is 73.1. The second-order valence-electron chi connectivity index (χ2n) is 23.8. The first-order valence-electron chi connectivity index (χ1n) is 31.8. The summed E-state index contributed by atoms with van der Waals surface area (Å²) in [5, 5.41) is 42.1. The van der Waals surface area contributed by atoms with Crippen LogP contribution in [0.15, 0.2) is 59.7 Å².